The molecule has 0 amide bonds. The van der Waals surface area contributed by atoms with Crippen molar-refractivity contribution in [2.24, 2.45) is 0 Å². The van der Waals surface area contributed by atoms with Gasteiger partial charge in [0.2, 0.25) is 11.6 Å². The van der Waals surface area contributed by atoms with Gasteiger partial charge in [0, 0.05) is 0 Å². The van der Waals surface area contributed by atoms with Crippen LogP contribution in [0, 0.1) is 0 Å². The minimum atomic E-state index is -1.14. The first kappa shape index (κ1) is 28.8. The van der Waals surface area contributed by atoms with Gasteiger partial charge in [0.15, 0.2) is 22.0 Å². The Hall–Kier alpha value is -3.22. The molecule has 0 saturated carbocycles. The number of imidazole rings is 1. The molecule has 0 bridgehead atoms. The van der Waals surface area contributed by atoms with Crippen LogP contribution < -0.4 is 5.73 Å². The average Bonchev–Trinajstić information content (AvgIpc) is 3.11. The highest BCUT2D eigenvalue weighted by atomic mass is 35.5. The lowest BCUT2D eigenvalue weighted by molar-refractivity contribution is -0.144. The summed E-state index contributed by atoms with van der Waals surface area (Å²) in [7, 11) is 0. The van der Waals surface area contributed by atoms with E-state index in [1.54, 1.807) is 26.0 Å². The third kappa shape index (κ3) is 8.96. The number of nitrogen functional groups attached to an aromatic ring is 1. The molecular formula is C19H21Cl3N6O6. The molecule has 0 aliphatic rings. The molecule has 184 valence electrons. The Balaban J connectivity index is 0.000000277. The molecule has 34 heavy (non-hydrogen) atoms. The molecule has 0 aliphatic heterocycles. The second-order valence-electron chi connectivity index (χ2n) is 5.94. The van der Waals surface area contributed by atoms with Crippen molar-refractivity contribution < 1.29 is 29.0 Å². The first-order valence-corrected chi connectivity index (χ1v) is 10.7. The zero-order valence-electron chi connectivity index (χ0n) is 18.2. The predicted molar refractivity (Wildman–Crippen MR) is 124 cm³/mol. The molecule has 0 saturated heterocycles. The van der Waals surface area contributed by atoms with Gasteiger partial charge in [-0.1, -0.05) is 23.2 Å². The smallest absolute Gasteiger partial charge is 0.362 e. The lowest BCUT2D eigenvalue weighted by Crippen LogP contribution is -2.24. The van der Waals surface area contributed by atoms with Crippen molar-refractivity contribution in [3.63, 3.8) is 0 Å². The summed E-state index contributed by atoms with van der Waals surface area (Å²) in [6.07, 6.45) is 0. The van der Waals surface area contributed by atoms with Crippen LogP contribution >= 0.6 is 34.8 Å². The van der Waals surface area contributed by atoms with E-state index in [1.807, 2.05) is 0 Å². The van der Waals surface area contributed by atoms with Crippen molar-refractivity contribution in [1.29, 1.82) is 0 Å². The van der Waals surface area contributed by atoms with Crippen molar-refractivity contribution >= 4 is 64.0 Å². The molecule has 0 aromatic carbocycles. The minimum absolute atomic E-state index is 0.126. The monoisotopic (exact) mass is 534 g/mol. The Morgan fingerprint density at radius 1 is 1.06 bits per heavy atom. The number of Topliss-reactive ketones (excluding diaryl/α,β-unsaturated/α-hetero) is 1. The largest absolute Gasteiger partial charge is 0.491 e. The quantitative estimate of drug-likeness (QED) is 0.279. The zero-order chi connectivity index (χ0) is 25.8. The number of hydrogen-bond acceptors (Lipinski definition) is 11. The highest BCUT2D eigenvalue weighted by Crippen LogP contribution is 2.19. The number of aromatic nitrogens is 5. The van der Waals surface area contributed by atoms with Gasteiger partial charge < -0.3 is 20.3 Å². The standard InChI is InChI=1S/C9H8ClN3O3.C6H9ClO3.C4H4ClN3/c1-2-16-9(15)7-8(14)11-6-4-3-5(10)12-13(6)7;1-3-10-6(9)5(7)4(2)8;5-3-1-2-4(6)8-7-3/h3-4,14H,2H2,1H3;5H,3H2,1-2H3;1-2H,(H2,6,8). The zero-order valence-corrected chi connectivity index (χ0v) is 20.5. The van der Waals surface area contributed by atoms with E-state index in [2.05, 4.69) is 25.0 Å². The van der Waals surface area contributed by atoms with Gasteiger partial charge in [-0.05, 0) is 45.0 Å². The van der Waals surface area contributed by atoms with E-state index < -0.39 is 23.2 Å². The number of esters is 2. The number of ketones is 1. The number of hydrogen-bond donors (Lipinski definition) is 2. The van der Waals surface area contributed by atoms with Gasteiger partial charge in [-0.3, -0.25) is 4.79 Å². The summed E-state index contributed by atoms with van der Waals surface area (Å²) in [6.45, 7) is 5.01. The van der Waals surface area contributed by atoms with Gasteiger partial charge in [0.05, 0.1) is 13.2 Å². The number of carbonyl (C=O) groups is 3. The molecule has 0 fully saturated rings. The van der Waals surface area contributed by atoms with Crippen molar-refractivity contribution in [2.45, 2.75) is 26.1 Å². The average molecular weight is 536 g/mol. The third-order valence-electron chi connectivity index (χ3n) is 3.40. The minimum Gasteiger partial charge on any atom is -0.491 e. The number of halogens is 3. The number of nitrogens with zero attached hydrogens (tertiary/aromatic N) is 5. The summed E-state index contributed by atoms with van der Waals surface area (Å²) in [5, 5.41) is 19.7. The second kappa shape index (κ2) is 14.1. The van der Waals surface area contributed by atoms with E-state index in [1.165, 1.54) is 19.1 Å². The van der Waals surface area contributed by atoms with Crippen molar-refractivity contribution in [2.75, 3.05) is 18.9 Å². The van der Waals surface area contributed by atoms with E-state index in [-0.39, 0.29) is 29.8 Å². The highest BCUT2D eigenvalue weighted by Gasteiger charge is 2.21. The van der Waals surface area contributed by atoms with E-state index in [0.717, 1.165) is 4.52 Å². The molecule has 15 heteroatoms. The SMILES string of the molecule is CCOC(=O)C(Cl)C(C)=O.CCOC(=O)c1c(O)nc2ccc(Cl)nn12.Nc1ccc(Cl)nn1. The van der Waals surface area contributed by atoms with E-state index in [4.69, 9.17) is 45.3 Å². The number of anilines is 1. The van der Waals surface area contributed by atoms with Gasteiger partial charge >= 0.3 is 11.9 Å². The van der Waals surface area contributed by atoms with Crippen LogP contribution in [-0.2, 0) is 19.1 Å². The van der Waals surface area contributed by atoms with Crippen LogP contribution in [0.3, 0.4) is 0 Å². The lowest BCUT2D eigenvalue weighted by Gasteiger charge is -2.03. The number of rotatable bonds is 5. The van der Waals surface area contributed by atoms with Gasteiger partial charge in [0.1, 0.15) is 11.0 Å². The van der Waals surface area contributed by atoms with E-state index in [0.29, 0.717) is 16.6 Å². The molecule has 0 aliphatic carbocycles. The molecule has 1 unspecified atom stereocenters. The Morgan fingerprint density at radius 2 is 1.68 bits per heavy atom. The topological polar surface area (TPSA) is 172 Å². The maximum absolute atomic E-state index is 11.5. The number of aromatic hydroxyl groups is 1. The highest BCUT2D eigenvalue weighted by molar-refractivity contribution is 6.40. The number of carbonyl (C=O) groups excluding carboxylic acids is 3. The molecular weight excluding hydrogens is 515 g/mol. The number of ether oxygens (including phenoxy) is 2. The molecule has 3 N–H and O–H groups in total. The number of alkyl halides is 1. The molecule has 0 spiro atoms. The first-order chi connectivity index (χ1) is 16.0. The van der Waals surface area contributed by atoms with Gasteiger partial charge in [-0.2, -0.15) is 10.1 Å². The van der Waals surface area contributed by atoms with Crippen LogP contribution in [0.15, 0.2) is 24.3 Å². The predicted octanol–water partition coefficient (Wildman–Crippen LogP) is 2.72. The van der Waals surface area contributed by atoms with Crippen LogP contribution in [0.2, 0.25) is 10.3 Å². The maximum Gasteiger partial charge on any atom is 0.362 e. The van der Waals surface area contributed by atoms with E-state index >= 15 is 0 Å². The molecule has 3 aromatic rings. The molecule has 3 rings (SSSR count). The molecule has 3 aromatic heterocycles. The summed E-state index contributed by atoms with van der Waals surface area (Å²) < 4.78 is 10.4. The van der Waals surface area contributed by atoms with Gasteiger partial charge in [-0.25, -0.2) is 14.1 Å². The number of nitrogens with two attached hydrogens (primary N) is 1. The fourth-order valence-electron chi connectivity index (χ4n) is 1.98. The Kier molecular flexibility index (Phi) is 12.0. The summed E-state index contributed by atoms with van der Waals surface area (Å²) in [5.41, 5.74) is 5.39. The molecule has 12 nitrogen and oxygen atoms in total. The molecule has 3 heterocycles. The summed E-state index contributed by atoms with van der Waals surface area (Å²) in [5.74, 6) is -1.79. The van der Waals surface area contributed by atoms with Crippen LogP contribution in [-0.4, -0.2) is 66.2 Å². The Morgan fingerprint density at radius 3 is 2.18 bits per heavy atom. The van der Waals surface area contributed by atoms with Crippen LogP contribution in [0.4, 0.5) is 5.82 Å². The summed E-state index contributed by atoms with van der Waals surface area (Å²) in [4.78, 5) is 36.3. The van der Waals surface area contributed by atoms with E-state index in [9.17, 15) is 19.5 Å². The molecule has 0 radical (unpaired) electrons. The lowest BCUT2D eigenvalue weighted by atomic mass is 10.3. The second-order valence-corrected chi connectivity index (χ2v) is 7.15. The first-order valence-electron chi connectivity index (χ1n) is 9.48. The number of fused-ring (bicyclic) bond motifs is 1. The van der Waals surface area contributed by atoms with Crippen LogP contribution in [0.25, 0.3) is 5.65 Å². The third-order valence-corrected chi connectivity index (χ3v) is 4.29. The fraction of sp³-hybridized carbons (Fsp3) is 0.316. The van der Waals surface area contributed by atoms with Crippen molar-refractivity contribution in [1.82, 2.24) is 24.8 Å². The Labute approximate surface area is 208 Å². The summed E-state index contributed by atoms with van der Waals surface area (Å²) in [6, 6.07) is 6.23. The maximum atomic E-state index is 11.5. The van der Waals surface area contributed by atoms with Gasteiger partial charge in [0.25, 0.3) is 0 Å². The summed E-state index contributed by atoms with van der Waals surface area (Å²) >= 11 is 16.4. The van der Waals surface area contributed by atoms with Crippen molar-refractivity contribution in [3.8, 4) is 5.88 Å². The van der Waals surface area contributed by atoms with Gasteiger partial charge in [-0.15, -0.1) is 21.8 Å². The Bertz CT molecular complexity index is 1100. The van der Waals surface area contributed by atoms with Crippen LogP contribution in [0.1, 0.15) is 31.3 Å². The van der Waals surface area contributed by atoms with Crippen molar-refractivity contribution in [3.05, 3.63) is 40.3 Å². The molecule has 1 atom stereocenters. The van der Waals surface area contributed by atoms with Crippen LogP contribution in [0.5, 0.6) is 5.88 Å². The fourth-order valence-corrected chi connectivity index (χ4v) is 2.29. The normalized spacial score (nSPS) is 10.8.